The number of nitrogens with zero attached hydrogens (tertiary/aromatic N) is 2. The van der Waals surface area contributed by atoms with Gasteiger partial charge in [-0.05, 0) is 19.9 Å². The molecule has 5 heteroatoms. The summed E-state index contributed by atoms with van der Waals surface area (Å²) in [6.07, 6.45) is 2.09. The minimum atomic E-state index is 0.0260. The smallest absolute Gasteiger partial charge is 0.245 e. The molecule has 0 spiro atoms. The fraction of sp³-hybridized carbons (Fsp3) is 0.750. The Kier molecular flexibility index (Phi) is 2.56. The number of hydrogen-bond acceptors (Lipinski definition) is 5. The van der Waals surface area contributed by atoms with Crippen molar-refractivity contribution in [2.24, 2.45) is 0 Å². The summed E-state index contributed by atoms with van der Waals surface area (Å²) in [6.45, 7) is 1.41. The molecular weight excluding hydrogens is 170 g/mol. The lowest BCUT2D eigenvalue weighted by atomic mass is 10.2. The van der Waals surface area contributed by atoms with Crippen LogP contribution < -0.4 is 5.32 Å². The largest absolute Gasteiger partial charge is 0.421 e. The molecule has 13 heavy (non-hydrogen) atoms. The Morgan fingerprint density at radius 1 is 1.54 bits per heavy atom. The van der Waals surface area contributed by atoms with E-state index < -0.39 is 0 Å². The van der Waals surface area contributed by atoms with Crippen LogP contribution in [0.3, 0.4) is 0 Å². The number of aromatic nitrogens is 2. The summed E-state index contributed by atoms with van der Waals surface area (Å²) in [4.78, 5) is 0. The van der Waals surface area contributed by atoms with Crippen molar-refractivity contribution in [3.8, 4) is 0 Å². The molecule has 0 saturated carbocycles. The molecule has 0 amide bonds. The van der Waals surface area contributed by atoms with E-state index in [1.54, 1.807) is 0 Å². The standard InChI is InChI=1S/C8H13N3O2/c1-9-5-7-10-11-8(13-7)6-3-2-4-12-6/h6,9H,2-5H2,1H3. The molecule has 1 aromatic heterocycles. The molecule has 1 unspecified atom stereocenters. The van der Waals surface area contributed by atoms with E-state index in [2.05, 4.69) is 15.5 Å². The molecule has 0 aliphatic carbocycles. The molecule has 0 aromatic carbocycles. The van der Waals surface area contributed by atoms with E-state index in [0.717, 1.165) is 19.4 Å². The number of nitrogens with one attached hydrogen (secondary N) is 1. The second-order valence-electron chi connectivity index (χ2n) is 3.07. The van der Waals surface area contributed by atoms with Crippen molar-refractivity contribution in [1.29, 1.82) is 0 Å². The molecule has 1 saturated heterocycles. The maximum Gasteiger partial charge on any atom is 0.245 e. The lowest BCUT2D eigenvalue weighted by Crippen LogP contribution is -2.04. The second kappa shape index (κ2) is 3.85. The van der Waals surface area contributed by atoms with E-state index >= 15 is 0 Å². The highest BCUT2D eigenvalue weighted by Crippen LogP contribution is 2.26. The molecule has 2 rings (SSSR count). The average molecular weight is 183 g/mol. The summed E-state index contributed by atoms with van der Waals surface area (Å²) in [5.74, 6) is 1.23. The number of ether oxygens (including phenoxy) is 1. The van der Waals surface area contributed by atoms with Gasteiger partial charge in [-0.15, -0.1) is 10.2 Å². The highest BCUT2D eigenvalue weighted by atomic mass is 16.5. The van der Waals surface area contributed by atoms with E-state index in [9.17, 15) is 0 Å². The van der Waals surface area contributed by atoms with Gasteiger partial charge in [0.25, 0.3) is 0 Å². The van der Waals surface area contributed by atoms with E-state index in [4.69, 9.17) is 9.15 Å². The van der Waals surface area contributed by atoms with Crippen molar-refractivity contribution in [2.45, 2.75) is 25.5 Å². The van der Waals surface area contributed by atoms with Crippen LogP contribution in [0, 0.1) is 0 Å². The van der Waals surface area contributed by atoms with Crippen LogP contribution in [0.2, 0.25) is 0 Å². The Labute approximate surface area is 76.5 Å². The van der Waals surface area contributed by atoms with Gasteiger partial charge in [-0.25, -0.2) is 0 Å². The fourth-order valence-corrected chi connectivity index (χ4v) is 1.39. The van der Waals surface area contributed by atoms with Gasteiger partial charge in [0.05, 0.1) is 6.54 Å². The average Bonchev–Trinajstić information content (AvgIpc) is 2.70. The van der Waals surface area contributed by atoms with Crippen LogP contribution in [-0.4, -0.2) is 23.9 Å². The normalized spacial score (nSPS) is 22.4. The lowest BCUT2D eigenvalue weighted by molar-refractivity contribution is 0.0880. The highest BCUT2D eigenvalue weighted by molar-refractivity contribution is 4.88. The van der Waals surface area contributed by atoms with Crippen LogP contribution in [0.25, 0.3) is 0 Å². The molecule has 0 bridgehead atoms. The van der Waals surface area contributed by atoms with Crippen LogP contribution in [-0.2, 0) is 11.3 Å². The Hall–Kier alpha value is -0.940. The Balaban J connectivity index is 2.03. The molecule has 1 aromatic rings. The molecule has 1 aliphatic rings. The van der Waals surface area contributed by atoms with Crippen LogP contribution in [0.1, 0.15) is 30.7 Å². The highest BCUT2D eigenvalue weighted by Gasteiger charge is 2.23. The third-order valence-electron chi connectivity index (χ3n) is 2.02. The molecule has 5 nitrogen and oxygen atoms in total. The summed E-state index contributed by atoms with van der Waals surface area (Å²) in [6, 6.07) is 0. The van der Waals surface area contributed by atoms with E-state index in [1.165, 1.54) is 0 Å². The van der Waals surface area contributed by atoms with E-state index in [-0.39, 0.29) is 6.10 Å². The van der Waals surface area contributed by atoms with Crippen molar-refractivity contribution in [1.82, 2.24) is 15.5 Å². The Bertz CT molecular complexity index is 268. The number of rotatable bonds is 3. The zero-order valence-corrected chi connectivity index (χ0v) is 7.62. The van der Waals surface area contributed by atoms with Crippen LogP contribution in [0.4, 0.5) is 0 Å². The molecule has 1 fully saturated rings. The zero-order chi connectivity index (χ0) is 9.10. The summed E-state index contributed by atoms with van der Waals surface area (Å²) >= 11 is 0. The van der Waals surface area contributed by atoms with Crippen LogP contribution in [0.15, 0.2) is 4.42 Å². The third kappa shape index (κ3) is 1.87. The second-order valence-corrected chi connectivity index (χ2v) is 3.07. The van der Waals surface area contributed by atoms with E-state index in [0.29, 0.717) is 18.3 Å². The van der Waals surface area contributed by atoms with Gasteiger partial charge in [-0.3, -0.25) is 0 Å². The van der Waals surface area contributed by atoms with Gasteiger partial charge in [-0.1, -0.05) is 0 Å². The maximum atomic E-state index is 5.41. The minimum absolute atomic E-state index is 0.0260. The first-order chi connectivity index (χ1) is 6.40. The van der Waals surface area contributed by atoms with Crippen molar-refractivity contribution in [2.75, 3.05) is 13.7 Å². The van der Waals surface area contributed by atoms with Crippen LogP contribution >= 0.6 is 0 Å². The first kappa shape index (κ1) is 8.65. The molecule has 1 atom stereocenters. The summed E-state index contributed by atoms with van der Waals surface area (Å²) < 4.78 is 10.8. The third-order valence-corrected chi connectivity index (χ3v) is 2.02. The van der Waals surface area contributed by atoms with Gasteiger partial charge < -0.3 is 14.5 Å². The van der Waals surface area contributed by atoms with Gasteiger partial charge in [-0.2, -0.15) is 0 Å². The Morgan fingerprint density at radius 2 is 2.46 bits per heavy atom. The molecule has 72 valence electrons. The zero-order valence-electron chi connectivity index (χ0n) is 7.62. The fourth-order valence-electron chi connectivity index (χ4n) is 1.39. The predicted octanol–water partition coefficient (Wildman–Crippen LogP) is 0.640. The van der Waals surface area contributed by atoms with Crippen molar-refractivity contribution < 1.29 is 9.15 Å². The first-order valence-electron chi connectivity index (χ1n) is 4.48. The lowest BCUT2D eigenvalue weighted by Gasteiger charge is -2.01. The van der Waals surface area contributed by atoms with Crippen molar-refractivity contribution in [3.05, 3.63) is 11.8 Å². The summed E-state index contributed by atoms with van der Waals surface area (Å²) in [5.41, 5.74) is 0. The first-order valence-corrected chi connectivity index (χ1v) is 4.48. The van der Waals surface area contributed by atoms with Crippen LogP contribution in [0.5, 0.6) is 0 Å². The van der Waals surface area contributed by atoms with Gasteiger partial charge in [0.15, 0.2) is 0 Å². The molecule has 1 N–H and O–H groups in total. The SMILES string of the molecule is CNCc1nnc(C2CCCO2)o1. The summed E-state index contributed by atoms with van der Waals surface area (Å²) in [7, 11) is 1.84. The molecule has 1 aliphatic heterocycles. The van der Waals surface area contributed by atoms with Gasteiger partial charge >= 0.3 is 0 Å². The Morgan fingerprint density at radius 3 is 3.15 bits per heavy atom. The van der Waals surface area contributed by atoms with Gasteiger partial charge in [0.1, 0.15) is 6.10 Å². The molecule has 0 radical (unpaired) electrons. The molecule has 2 heterocycles. The predicted molar refractivity (Wildman–Crippen MR) is 45.0 cm³/mol. The van der Waals surface area contributed by atoms with E-state index in [1.807, 2.05) is 7.05 Å². The summed E-state index contributed by atoms with van der Waals surface area (Å²) in [5, 5.41) is 10.8. The number of hydrogen-bond donors (Lipinski definition) is 1. The van der Waals surface area contributed by atoms with Crippen molar-refractivity contribution >= 4 is 0 Å². The topological polar surface area (TPSA) is 60.2 Å². The molecular formula is C8H13N3O2. The van der Waals surface area contributed by atoms with Crippen molar-refractivity contribution in [3.63, 3.8) is 0 Å². The van der Waals surface area contributed by atoms with Gasteiger partial charge in [0.2, 0.25) is 11.8 Å². The quantitative estimate of drug-likeness (QED) is 0.745. The van der Waals surface area contributed by atoms with Gasteiger partial charge in [0, 0.05) is 6.61 Å². The minimum Gasteiger partial charge on any atom is -0.421 e. The maximum absolute atomic E-state index is 5.41. The monoisotopic (exact) mass is 183 g/mol.